The molecule has 0 aromatic carbocycles. The van der Waals surface area contributed by atoms with Crippen LogP contribution in [0.25, 0.3) is 0 Å². The van der Waals surface area contributed by atoms with E-state index in [1.165, 1.54) is 12.3 Å². The highest BCUT2D eigenvalue weighted by Gasteiger charge is 2.07. The molecule has 1 amide bonds. The van der Waals surface area contributed by atoms with Crippen molar-refractivity contribution in [2.75, 3.05) is 6.54 Å². The zero-order valence-electron chi connectivity index (χ0n) is 7.03. The molecule has 74 valence electrons. The molecular formula is C8H7BrN2O3. The van der Waals surface area contributed by atoms with E-state index in [-0.39, 0.29) is 5.69 Å². The first-order valence-corrected chi connectivity index (χ1v) is 4.50. The van der Waals surface area contributed by atoms with E-state index in [0.717, 1.165) is 4.47 Å². The van der Waals surface area contributed by atoms with Crippen LogP contribution in [-0.4, -0.2) is 28.5 Å². The van der Waals surface area contributed by atoms with Gasteiger partial charge in [-0.25, -0.2) is 4.98 Å². The summed E-state index contributed by atoms with van der Waals surface area (Å²) in [5.41, 5.74) is 0.189. The Kier molecular flexibility index (Phi) is 3.58. The molecule has 0 spiro atoms. The molecule has 1 heterocycles. The minimum Gasteiger partial charge on any atom is -0.480 e. The minimum atomic E-state index is -1.09. The fourth-order valence-corrected chi connectivity index (χ4v) is 0.991. The molecule has 2 N–H and O–H groups in total. The molecule has 6 heteroatoms. The van der Waals surface area contributed by atoms with Gasteiger partial charge >= 0.3 is 5.97 Å². The van der Waals surface area contributed by atoms with E-state index in [0.29, 0.717) is 0 Å². The molecule has 0 aliphatic rings. The Bertz CT molecular complexity index is 350. The van der Waals surface area contributed by atoms with E-state index in [1.54, 1.807) is 6.07 Å². The second-order valence-corrected chi connectivity index (χ2v) is 3.35. The molecule has 1 rings (SSSR count). The Morgan fingerprint density at radius 2 is 2.21 bits per heavy atom. The molecule has 0 aliphatic heterocycles. The lowest BCUT2D eigenvalue weighted by Crippen LogP contribution is -2.29. The Morgan fingerprint density at radius 1 is 1.50 bits per heavy atom. The first-order valence-electron chi connectivity index (χ1n) is 3.71. The topological polar surface area (TPSA) is 79.3 Å². The van der Waals surface area contributed by atoms with Gasteiger partial charge < -0.3 is 10.4 Å². The van der Waals surface area contributed by atoms with E-state index in [2.05, 4.69) is 26.2 Å². The van der Waals surface area contributed by atoms with E-state index in [1.807, 2.05) is 0 Å². The average Bonchev–Trinajstić information content (AvgIpc) is 2.15. The van der Waals surface area contributed by atoms with Crippen LogP contribution in [0.1, 0.15) is 10.5 Å². The molecule has 0 saturated heterocycles. The fraction of sp³-hybridized carbons (Fsp3) is 0.125. The summed E-state index contributed by atoms with van der Waals surface area (Å²) < 4.78 is 0.757. The summed E-state index contributed by atoms with van der Waals surface area (Å²) in [5.74, 6) is -1.59. The van der Waals surface area contributed by atoms with Crippen LogP contribution in [0, 0.1) is 0 Å². The zero-order chi connectivity index (χ0) is 10.6. The van der Waals surface area contributed by atoms with Gasteiger partial charge in [0, 0.05) is 10.7 Å². The molecule has 0 fully saturated rings. The molecule has 1 aromatic heterocycles. The number of carboxylic acid groups (broad SMARTS) is 1. The largest absolute Gasteiger partial charge is 0.480 e. The number of carbonyl (C=O) groups excluding carboxylic acids is 1. The smallest absolute Gasteiger partial charge is 0.322 e. The van der Waals surface area contributed by atoms with Gasteiger partial charge in [-0.3, -0.25) is 9.59 Å². The summed E-state index contributed by atoms with van der Waals surface area (Å²) in [6.45, 7) is -0.406. The highest BCUT2D eigenvalue weighted by molar-refractivity contribution is 9.10. The van der Waals surface area contributed by atoms with Gasteiger partial charge in [-0.2, -0.15) is 0 Å². The molecule has 0 aliphatic carbocycles. The molecule has 5 nitrogen and oxygen atoms in total. The summed E-state index contributed by atoms with van der Waals surface area (Å²) in [7, 11) is 0. The Morgan fingerprint density at radius 3 is 2.71 bits per heavy atom. The maximum absolute atomic E-state index is 11.2. The number of nitrogens with one attached hydrogen (secondary N) is 1. The number of pyridine rings is 1. The number of amides is 1. The number of rotatable bonds is 3. The van der Waals surface area contributed by atoms with E-state index in [9.17, 15) is 9.59 Å². The summed E-state index contributed by atoms with van der Waals surface area (Å²) in [4.78, 5) is 25.2. The number of aliphatic carboxylic acids is 1. The zero-order valence-corrected chi connectivity index (χ0v) is 8.61. The Hall–Kier alpha value is -1.43. The van der Waals surface area contributed by atoms with Crippen molar-refractivity contribution in [3.63, 3.8) is 0 Å². The second-order valence-electron chi connectivity index (χ2n) is 2.44. The predicted octanol–water partition coefficient (Wildman–Crippen LogP) is 0.658. The molecule has 0 bridgehead atoms. The van der Waals surface area contributed by atoms with Crippen molar-refractivity contribution >= 4 is 27.8 Å². The van der Waals surface area contributed by atoms with E-state index >= 15 is 0 Å². The van der Waals surface area contributed by atoms with Crippen LogP contribution in [0.2, 0.25) is 0 Å². The van der Waals surface area contributed by atoms with Gasteiger partial charge in [0.05, 0.1) is 0 Å². The van der Waals surface area contributed by atoms with Crippen LogP contribution in [0.3, 0.4) is 0 Å². The fourth-order valence-electron chi connectivity index (χ4n) is 0.757. The lowest BCUT2D eigenvalue weighted by molar-refractivity contribution is -0.135. The number of carbonyl (C=O) groups is 2. The van der Waals surface area contributed by atoms with Crippen molar-refractivity contribution in [1.29, 1.82) is 0 Å². The first kappa shape index (κ1) is 10.6. The number of aromatic nitrogens is 1. The normalized spacial score (nSPS) is 9.50. The highest BCUT2D eigenvalue weighted by atomic mass is 79.9. The van der Waals surface area contributed by atoms with Crippen molar-refractivity contribution in [3.05, 3.63) is 28.5 Å². The lowest BCUT2D eigenvalue weighted by atomic mass is 10.3. The van der Waals surface area contributed by atoms with Crippen LogP contribution in [0.15, 0.2) is 22.8 Å². The van der Waals surface area contributed by atoms with Gasteiger partial charge in [0.15, 0.2) is 0 Å². The number of hydrogen-bond donors (Lipinski definition) is 2. The maximum Gasteiger partial charge on any atom is 0.322 e. The SMILES string of the molecule is O=C(O)CNC(=O)c1ccc(Br)cn1. The third kappa shape index (κ3) is 3.14. The van der Waals surface area contributed by atoms with Crippen molar-refractivity contribution < 1.29 is 14.7 Å². The van der Waals surface area contributed by atoms with Gasteiger partial charge in [-0.15, -0.1) is 0 Å². The van der Waals surface area contributed by atoms with E-state index < -0.39 is 18.4 Å². The van der Waals surface area contributed by atoms with Crippen molar-refractivity contribution in [2.45, 2.75) is 0 Å². The van der Waals surface area contributed by atoms with Gasteiger partial charge in [-0.1, -0.05) is 0 Å². The lowest BCUT2D eigenvalue weighted by Gasteiger charge is -2.00. The van der Waals surface area contributed by atoms with Gasteiger partial charge in [-0.05, 0) is 28.1 Å². The van der Waals surface area contributed by atoms with Gasteiger partial charge in [0.2, 0.25) is 0 Å². The molecule has 1 aromatic rings. The van der Waals surface area contributed by atoms with Crippen molar-refractivity contribution in [1.82, 2.24) is 10.3 Å². The minimum absolute atomic E-state index is 0.189. The highest BCUT2D eigenvalue weighted by Crippen LogP contribution is 2.06. The summed E-state index contributed by atoms with van der Waals surface area (Å²) in [6, 6.07) is 3.16. The third-order valence-electron chi connectivity index (χ3n) is 1.36. The van der Waals surface area contributed by atoms with Crippen molar-refractivity contribution in [2.24, 2.45) is 0 Å². The van der Waals surface area contributed by atoms with Crippen LogP contribution in [0.4, 0.5) is 0 Å². The Labute approximate surface area is 88.3 Å². The Balaban J connectivity index is 2.61. The summed E-state index contributed by atoms with van der Waals surface area (Å²) in [6.07, 6.45) is 1.47. The number of hydrogen-bond acceptors (Lipinski definition) is 3. The molecule has 0 atom stereocenters. The molecule has 0 saturated carbocycles. The van der Waals surface area contributed by atoms with Gasteiger partial charge in [0.1, 0.15) is 12.2 Å². The quantitative estimate of drug-likeness (QED) is 0.835. The number of nitrogens with zero attached hydrogens (tertiary/aromatic N) is 1. The third-order valence-corrected chi connectivity index (χ3v) is 1.83. The van der Waals surface area contributed by atoms with Crippen LogP contribution < -0.4 is 5.32 Å². The van der Waals surface area contributed by atoms with Crippen LogP contribution in [-0.2, 0) is 4.79 Å². The average molecular weight is 259 g/mol. The molecule has 0 radical (unpaired) electrons. The summed E-state index contributed by atoms with van der Waals surface area (Å²) >= 11 is 3.17. The van der Waals surface area contributed by atoms with E-state index in [4.69, 9.17) is 5.11 Å². The van der Waals surface area contributed by atoms with Gasteiger partial charge in [0.25, 0.3) is 5.91 Å². The summed E-state index contributed by atoms with van der Waals surface area (Å²) in [5, 5.41) is 10.5. The predicted molar refractivity (Wildman–Crippen MR) is 51.9 cm³/mol. The number of carboxylic acids is 1. The standard InChI is InChI=1S/C8H7BrN2O3/c9-5-1-2-6(10-3-5)8(14)11-4-7(12)13/h1-3H,4H2,(H,11,14)(H,12,13). The first-order chi connectivity index (χ1) is 6.59. The van der Waals surface area contributed by atoms with Crippen molar-refractivity contribution in [3.8, 4) is 0 Å². The molecule has 14 heavy (non-hydrogen) atoms. The number of halogens is 1. The molecule has 0 unspecified atom stereocenters. The second kappa shape index (κ2) is 4.71. The maximum atomic E-state index is 11.2. The van der Waals surface area contributed by atoms with Crippen LogP contribution >= 0.6 is 15.9 Å². The monoisotopic (exact) mass is 258 g/mol. The molecular weight excluding hydrogens is 252 g/mol. The van der Waals surface area contributed by atoms with Crippen LogP contribution in [0.5, 0.6) is 0 Å².